The lowest BCUT2D eigenvalue weighted by molar-refractivity contribution is -0.142. The number of aromatic nitrogens is 2. The number of hydrogen-bond donors (Lipinski definition) is 2. The minimum Gasteiger partial charge on any atom is -0.480 e. The third-order valence-corrected chi connectivity index (χ3v) is 3.56. The van der Waals surface area contributed by atoms with Crippen molar-refractivity contribution in [2.75, 3.05) is 0 Å². The molecule has 0 aliphatic heterocycles. The van der Waals surface area contributed by atoms with E-state index in [1.54, 1.807) is 0 Å². The number of para-hydroxylation sites is 2. The molecular formula is C16H21N3O3. The van der Waals surface area contributed by atoms with Crippen LogP contribution in [0.5, 0.6) is 0 Å². The summed E-state index contributed by atoms with van der Waals surface area (Å²) in [5, 5.41) is 11.7. The van der Waals surface area contributed by atoms with Crippen molar-refractivity contribution in [3.63, 3.8) is 0 Å². The zero-order valence-corrected chi connectivity index (χ0v) is 12.9. The zero-order valence-electron chi connectivity index (χ0n) is 12.9. The number of hydrogen-bond acceptors (Lipinski definition) is 3. The molecule has 0 saturated heterocycles. The van der Waals surface area contributed by atoms with Gasteiger partial charge in [-0.1, -0.05) is 32.4 Å². The van der Waals surface area contributed by atoms with Gasteiger partial charge in [-0.25, -0.2) is 9.78 Å². The maximum Gasteiger partial charge on any atom is 0.326 e. The summed E-state index contributed by atoms with van der Waals surface area (Å²) in [4.78, 5) is 27.8. The van der Waals surface area contributed by atoms with Crippen molar-refractivity contribution in [1.29, 1.82) is 0 Å². The van der Waals surface area contributed by atoms with Crippen molar-refractivity contribution in [2.45, 2.75) is 45.7 Å². The van der Waals surface area contributed by atoms with Crippen molar-refractivity contribution in [3.8, 4) is 0 Å². The lowest BCUT2D eigenvalue weighted by Crippen LogP contribution is -2.42. The second-order valence-electron chi connectivity index (χ2n) is 5.20. The number of fused-ring (bicyclic) bond motifs is 1. The van der Waals surface area contributed by atoms with Gasteiger partial charge < -0.3 is 15.0 Å². The molecule has 1 amide bonds. The third-order valence-electron chi connectivity index (χ3n) is 3.56. The standard InChI is InChI=1S/C16H21N3O3/c1-3-7-12(16(21)22)18-15(20)10-19-13-9-6-5-8-11(13)17-14(19)4-2/h5-6,8-9,12H,3-4,7,10H2,1-2H3,(H,18,20)(H,21,22). The predicted octanol–water partition coefficient (Wildman–Crippen LogP) is 1.97. The summed E-state index contributed by atoms with van der Waals surface area (Å²) in [5.74, 6) is -0.487. The first-order valence-electron chi connectivity index (χ1n) is 7.53. The van der Waals surface area contributed by atoms with Crippen LogP contribution in [0.4, 0.5) is 0 Å². The van der Waals surface area contributed by atoms with E-state index in [1.165, 1.54) is 0 Å². The lowest BCUT2D eigenvalue weighted by atomic mass is 10.1. The van der Waals surface area contributed by atoms with Crippen LogP contribution < -0.4 is 5.32 Å². The SMILES string of the molecule is CCCC(NC(=O)Cn1c(CC)nc2ccccc21)C(=O)O. The number of benzene rings is 1. The molecule has 118 valence electrons. The zero-order chi connectivity index (χ0) is 16.1. The smallest absolute Gasteiger partial charge is 0.326 e. The molecule has 0 fully saturated rings. The van der Waals surface area contributed by atoms with Crippen molar-refractivity contribution in [2.24, 2.45) is 0 Å². The van der Waals surface area contributed by atoms with E-state index in [0.29, 0.717) is 19.3 Å². The van der Waals surface area contributed by atoms with Crippen LogP contribution in [0.1, 0.15) is 32.5 Å². The molecule has 2 aromatic rings. The van der Waals surface area contributed by atoms with Crippen LogP contribution in [-0.2, 0) is 22.6 Å². The second-order valence-corrected chi connectivity index (χ2v) is 5.20. The van der Waals surface area contributed by atoms with Gasteiger partial charge in [-0.05, 0) is 18.6 Å². The van der Waals surface area contributed by atoms with Gasteiger partial charge >= 0.3 is 5.97 Å². The molecule has 0 spiro atoms. The number of carboxylic acid groups (broad SMARTS) is 1. The van der Waals surface area contributed by atoms with Gasteiger partial charge in [0.15, 0.2) is 0 Å². The van der Waals surface area contributed by atoms with Gasteiger partial charge in [0.2, 0.25) is 5.91 Å². The van der Waals surface area contributed by atoms with E-state index < -0.39 is 12.0 Å². The first kappa shape index (κ1) is 16.0. The quantitative estimate of drug-likeness (QED) is 0.819. The second kappa shape index (κ2) is 7.06. The fourth-order valence-electron chi connectivity index (χ4n) is 2.50. The third kappa shape index (κ3) is 3.44. The number of nitrogens with one attached hydrogen (secondary N) is 1. The summed E-state index contributed by atoms with van der Waals surface area (Å²) in [5.41, 5.74) is 1.73. The Morgan fingerprint density at radius 3 is 2.68 bits per heavy atom. The number of rotatable bonds is 7. The largest absolute Gasteiger partial charge is 0.480 e. The van der Waals surface area contributed by atoms with Gasteiger partial charge in [0.25, 0.3) is 0 Å². The van der Waals surface area contributed by atoms with Crippen molar-refractivity contribution in [1.82, 2.24) is 14.9 Å². The Morgan fingerprint density at radius 2 is 2.05 bits per heavy atom. The summed E-state index contributed by atoms with van der Waals surface area (Å²) in [6.45, 7) is 3.95. The summed E-state index contributed by atoms with van der Waals surface area (Å²) in [7, 11) is 0. The highest BCUT2D eigenvalue weighted by atomic mass is 16.4. The number of imidazole rings is 1. The number of carbonyl (C=O) groups excluding carboxylic acids is 1. The van der Waals surface area contributed by atoms with Crippen LogP contribution in [-0.4, -0.2) is 32.6 Å². The summed E-state index contributed by atoms with van der Waals surface area (Å²) >= 11 is 0. The highest BCUT2D eigenvalue weighted by molar-refractivity contribution is 5.85. The Hall–Kier alpha value is -2.37. The monoisotopic (exact) mass is 303 g/mol. The van der Waals surface area contributed by atoms with E-state index >= 15 is 0 Å². The molecular weight excluding hydrogens is 282 g/mol. The van der Waals surface area contributed by atoms with Crippen LogP contribution in [0, 0.1) is 0 Å². The summed E-state index contributed by atoms with van der Waals surface area (Å²) in [6.07, 6.45) is 1.83. The first-order chi connectivity index (χ1) is 10.6. The van der Waals surface area contributed by atoms with Crippen LogP contribution in [0.25, 0.3) is 11.0 Å². The molecule has 2 N–H and O–H groups in total. The fraction of sp³-hybridized carbons (Fsp3) is 0.438. The van der Waals surface area contributed by atoms with Crippen LogP contribution in [0.15, 0.2) is 24.3 Å². The Bertz CT molecular complexity index is 678. The van der Waals surface area contributed by atoms with Crippen molar-refractivity contribution < 1.29 is 14.7 Å². The molecule has 6 nitrogen and oxygen atoms in total. The van der Waals surface area contributed by atoms with E-state index in [-0.39, 0.29) is 12.5 Å². The molecule has 0 saturated carbocycles. The normalized spacial score (nSPS) is 12.3. The van der Waals surface area contributed by atoms with Crippen LogP contribution >= 0.6 is 0 Å². The van der Waals surface area contributed by atoms with Gasteiger partial charge in [-0.3, -0.25) is 4.79 Å². The molecule has 0 aliphatic carbocycles. The number of aryl methyl sites for hydroxylation is 1. The Morgan fingerprint density at radius 1 is 1.32 bits per heavy atom. The van der Waals surface area contributed by atoms with Gasteiger partial charge in [0.05, 0.1) is 11.0 Å². The van der Waals surface area contributed by atoms with Gasteiger partial charge in [-0.2, -0.15) is 0 Å². The maximum atomic E-state index is 12.2. The number of carbonyl (C=O) groups is 2. The van der Waals surface area contributed by atoms with Crippen molar-refractivity contribution >= 4 is 22.9 Å². The molecule has 1 aromatic heterocycles. The molecule has 2 rings (SSSR count). The molecule has 0 bridgehead atoms. The molecule has 1 atom stereocenters. The molecule has 0 aliphatic rings. The van der Waals surface area contributed by atoms with Crippen LogP contribution in [0.2, 0.25) is 0 Å². The number of aliphatic carboxylic acids is 1. The lowest BCUT2D eigenvalue weighted by Gasteiger charge is -2.14. The topological polar surface area (TPSA) is 84.2 Å². The van der Waals surface area contributed by atoms with E-state index in [0.717, 1.165) is 16.9 Å². The molecule has 1 heterocycles. The summed E-state index contributed by atoms with van der Waals surface area (Å²) < 4.78 is 1.84. The maximum absolute atomic E-state index is 12.2. The average Bonchev–Trinajstić information content (AvgIpc) is 2.84. The molecule has 0 radical (unpaired) electrons. The predicted molar refractivity (Wildman–Crippen MR) is 83.6 cm³/mol. The summed E-state index contributed by atoms with van der Waals surface area (Å²) in [6, 6.07) is 6.78. The molecule has 1 unspecified atom stereocenters. The Labute approximate surface area is 129 Å². The Kier molecular flexibility index (Phi) is 5.14. The fourth-order valence-corrected chi connectivity index (χ4v) is 2.50. The number of amides is 1. The number of carboxylic acids is 1. The molecule has 6 heteroatoms. The van der Waals surface area contributed by atoms with Gasteiger partial charge in [0.1, 0.15) is 18.4 Å². The average molecular weight is 303 g/mol. The number of nitrogens with zero attached hydrogens (tertiary/aromatic N) is 2. The van der Waals surface area contributed by atoms with E-state index in [9.17, 15) is 9.59 Å². The minimum absolute atomic E-state index is 0.0805. The van der Waals surface area contributed by atoms with E-state index in [2.05, 4.69) is 10.3 Å². The molecule has 22 heavy (non-hydrogen) atoms. The highest BCUT2D eigenvalue weighted by Gasteiger charge is 2.20. The minimum atomic E-state index is -0.999. The molecule has 1 aromatic carbocycles. The van der Waals surface area contributed by atoms with Gasteiger partial charge in [-0.15, -0.1) is 0 Å². The van der Waals surface area contributed by atoms with Crippen LogP contribution in [0.3, 0.4) is 0 Å². The first-order valence-corrected chi connectivity index (χ1v) is 7.53. The van der Waals surface area contributed by atoms with E-state index in [4.69, 9.17) is 5.11 Å². The van der Waals surface area contributed by atoms with E-state index in [1.807, 2.05) is 42.7 Å². The van der Waals surface area contributed by atoms with Gasteiger partial charge in [0, 0.05) is 6.42 Å². The Balaban J connectivity index is 2.19. The highest BCUT2D eigenvalue weighted by Crippen LogP contribution is 2.16. The van der Waals surface area contributed by atoms with Crippen molar-refractivity contribution in [3.05, 3.63) is 30.1 Å².